The molecule has 24 heteroatoms. The number of hydrogen-bond acceptors (Lipinski definition) is 20. The average molecular weight is 935 g/mol. The van der Waals surface area contributed by atoms with Crippen molar-refractivity contribution in [2.75, 3.05) is 26.4 Å². The molecular weight excluding hydrogens is 864 g/mol. The van der Waals surface area contributed by atoms with Crippen LogP contribution in [-0.2, 0) is 52.6 Å². The summed E-state index contributed by atoms with van der Waals surface area (Å²) in [4.78, 5) is 23.3. The molecule has 3 heterocycles. The van der Waals surface area contributed by atoms with Crippen LogP contribution in [0.3, 0.4) is 0 Å². The number of unbranched alkanes of at least 4 members (excludes halogenated alkanes) is 11. The first-order valence-corrected chi connectivity index (χ1v) is 23.0. The molecule has 2 amide bonds. The van der Waals surface area contributed by atoms with Crippen molar-refractivity contribution in [3.05, 3.63) is 12.2 Å². The van der Waals surface area contributed by atoms with Gasteiger partial charge in [-0.05, 0) is 12.8 Å². The third-order valence-corrected chi connectivity index (χ3v) is 11.6. The first-order valence-electron chi connectivity index (χ1n) is 21.6. The smallest absolute Gasteiger partial charge is 0.394 e. The molecule has 23 nitrogen and oxygen atoms in total. The fourth-order valence-electron chi connectivity index (χ4n) is 7.65. The normalized spacial score (nSPS) is 35.0. The maximum Gasteiger partial charge on any atom is 0.397 e. The molecule has 0 aliphatic carbocycles. The minimum Gasteiger partial charge on any atom is -0.394 e. The van der Waals surface area contributed by atoms with Crippen LogP contribution in [0, 0.1) is 0 Å². The second-order valence-electron chi connectivity index (χ2n) is 16.0. The average Bonchev–Trinajstić information content (AvgIpc) is 3.24. The number of carbonyl (C=O) groups is 2. The third-order valence-electron chi connectivity index (χ3n) is 11.1. The summed E-state index contributed by atoms with van der Waals surface area (Å²) in [6, 6.07) is -2.63. The summed E-state index contributed by atoms with van der Waals surface area (Å²) < 4.78 is 72.2. The summed E-state index contributed by atoms with van der Waals surface area (Å²) in [6.07, 6.45) is -10.1. The number of aliphatic hydroxyl groups is 9. The van der Waals surface area contributed by atoms with Crippen LogP contribution in [0.25, 0.3) is 0 Å². The predicted octanol–water partition coefficient (Wildman–Crippen LogP) is -2.84. The standard InChI is InChI=1S/C39H70N2O21S/c1-3-4-5-6-7-8-9-10-11-12-13-14-15-16-24(47)23(40-21-45)20-56-38-32(51)31(50)34(26(18-43)58-38)60-39-33(52)36(62-63(53,54)55)35(27(19-44)59-39)61-37-28(41-22(2)46)30(49)29(48)25(17-42)57-37/h15-16,21,23-39,42-44,47-52H,3-14,17-20H2,1-2H3,(H,40,45)(H,41,46)(H,53,54,55)/b16-15+/t23-,24+,25+,26+,27+,28+,29-,30+,31+,32+,33+,34+,35-,36+,37-,38+,39-/m0/s1. The van der Waals surface area contributed by atoms with Crippen LogP contribution in [0.1, 0.15) is 90.9 Å². The molecule has 0 spiro atoms. The monoisotopic (exact) mass is 934 g/mol. The lowest BCUT2D eigenvalue weighted by Gasteiger charge is -2.49. The van der Waals surface area contributed by atoms with Crippen LogP contribution in [0.2, 0.25) is 0 Å². The zero-order valence-electron chi connectivity index (χ0n) is 35.7. The molecule has 3 aliphatic rings. The van der Waals surface area contributed by atoms with E-state index in [0.29, 0.717) is 12.8 Å². The highest BCUT2D eigenvalue weighted by molar-refractivity contribution is 7.80. The van der Waals surface area contributed by atoms with E-state index in [0.717, 1.165) is 26.2 Å². The second-order valence-corrected chi connectivity index (χ2v) is 17.1. The summed E-state index contributed by atoms with van der Waals surface area (Å²) in [5, 5.41) is 100. The zero-order valence-corrected chi connectivity index (χ0v) is 36.5. The van der Waals surface area contributed by atoms with E-state index in [1.165, 1.54) is 57.4 Å². The van der Waals surface area contributed by atoms with E-state index in [9.17, 15) is 68.5 Å². The van der Waals surface area contributed by atoms with Crippen LogP contribution in [0.15, 0.2) is 12.2 Å². The first kappa shape index (κ1) is 55.3. The van der Waals surface area contributed by atoms with Gasteiger partial charge in [-0.3, -0.25) is 14.1 Å². The summed E-state index contributed by atoms with van der Waals surface area (Å²) in [5.74, 6) is -0.752. The Balaban J connectivity index is 1.63. The molecule has 17 atom stereocenters. The van der Waals surface area contributed by atoms with Crippen molar-refractivity contribution >= 4 is 22.7 Å². The minimum atomic E-state index is -5.46. The molecule has 0 aromatic heterocycles. The number of aliphatic hydroxyl groups excluding tert-OH is 9. The maximum absolute atomic E-state index is 12.0. The molecule has 368 valence electrons. The minimum absolute atomic E-state index is 0.342. The number of hydrogen-bond donors (Lipinski definition) is 12. The molecule has 0 unspecified atom stereocenters. The van der Waals surface area contributed by atoms with E-state index in [-0.39, 0.29) is 0 Å². The Labute approximate surface area is 367 Å². The summed E-state index contributed by atoms with van der Waals surface area (Å²) in [5.41, 5.74) is 0. The molecule has 12 N–H and O–H groups in total. The highest BCUT2D eigenvalue weighted by Crippen LogP contribution is 2.34. The molecule has 0 bridgehead atoms. The van der Waals surface area contributed by atoms with Crippen molar-refractivity contribution in [3.63, 3.8) is 0 Å². The predicted molar refractivity (Wildman–Crippen MR) is 216 cm³/mol. The molecule has 3 rings (SSSR count). The zero-order chi connectivity index (χ0) is 46.7. The number of rotatable bonds is 29. The van der Waals surface area contributed by atoms with Gasteiger partial charge < -0.3 is 85.0 Å². The SMILES string of the molecule is CCCCCCCCCCCCC/C=C/[C@@H](O)[C@H](CO[C@@H]1O[C@H](CO)[C@@H](O[C@@H]2O[C@H](CO)[C@H](O[C@@H]3O[C@H](CO)[C@H](O)[C@H](O)[C@H]3NC(C)=O)[C@H](OS(=O)(=O)O)[C@H]2O)[C@H](O)[C@H]1O)NC=O. The van der Waals surface area contributed by atoms with Crippen LogP contribution >= 0.6 is 0 Å². The number of nitrogens with one attached hydrogen (secondary N) is 2. The van der Waals surface area contributed by atoms with Gasteiger partial charge in [0.2, 0.25) is 12.3 Å². The Kier molecular flexibility index (Phi) is 24.7. The van der Waals surface area contributed by atoms with Gasteiger partial charge in [0.1, 0.15) is 73.2 Å². The topological polar surface area (TPSA) is 359 Å². The maximum atomic E-state index is 12.0. The highest BCUT2D eigenvalue weighted by Gasteiger charge is 2.55. The number of carbonyl (C=O) groups excluding carboxylic acids is 2. The Morgan fingerprint density at radius 2 is 1.24 bits per heavy atom. The second kappa shape index (κ2) is 28.2. The van der Waals surface area contributed by atoms with Gasteiger partial charge in [-0.1, -0.05) is 83.3 Å². The van der Waals surface area contributed by atoms with Crippen LogP contribution in [0.5, 0.6) is 0 Å². The van der Waals surface area contributed by atoms with Crippen molar-refractivity contribution in [3.8, 4) is 0 Å². The number of amides is 2. The Morgan fingerprint density at radius 3 is 1.79 bits per heavy atom. The fraction of sp³-hybridized carbons (Fsp3) is 0.897. The Bertz CT molecular complexity index is 1450. The van der Waals surface area contributed by atoms with Crippen molar-refractivity contribution in [1.82, 2.24) is 10.6 Å². The molecular formula is C39H70N2O21S. The van der Waals surface area contributed by atoms with Crippen molar-refractivity contribution in [2.45, 2.75) is 195 Å². The lowest BCUT2D eigenvalue weighted by Crippen LogP contribution is -2.68. The van der Waals surface area contributed by atoms with Gasteiger partial charge in [0.15, 0.2) is 18.9 Å². The first-order chi connectivity index (χ1) is 30.0. The lowest BCUT2D eigenvalue weighted by molar-refractivity contribution is -0.372. The van der Waals surface area contributed by atoms with E-state index >= 15 is 0 Å². The van der Waals surface area contributed by atoms with Crippen molar-refractivity contribution in [2.24, 2.45) is 0 Å². The summed E-state index contributed by atoms with van der Waals surface area (Å²) >= 11 is 0. The van der Waals surface area contributed by atoms with Gasteiger partial charge in [-0.2, -0.15) is 8.42 Å². The largest absolute Gasteiger partial charge is 0.397 e. The molecule has 0 saturated carbocycles. The van der Waals surface area contributed by atoms with Gasteiger partial charge in [0, 0.05) is 6.92 Å². The van der Waals surface area contributed by atoms with E-state index in [1.54, 1.807) is 6.08 Å². The summed E-state index contributed by atoms with van der Waals surface area (Å²) in [6.45, 7) is -0.0405. The van der Waals surface area contributed by atoms with Crippen molar-refractivity contribution < 1.29 is 101 Å². The molecule has 63 heavy (non-hydrogen) atoms. The fourth-order valence-corrected chi connectivity index (χ4v) is 8.15. The van der Waals surface area contributed by atoms with Gasteiger partial charge in [-0.15, -0.1) is 0 Å². The van der Waals surface area contributed by atoms with Crippen LogP contribution in [0.4, 0.5) is 0 Å². The molecule has 0 aromatic carbocycles. The van der Waals surface area contributed by atoms with E-state index in [4.69, 9.17) is 32.6 Å². The number of allylic oxidation sites excluding steroid dienone is 1. The lowest BCUT2D eigenvalue weighted by atomic mass is 9.95. The molecule has 0 aromatic rings. The van der Waals surface area contributed by atoms with Crippen LogP contribution < -0.4 is 10.6 Å². The Hall–Kier alpha value is -2.05. The van der Waals surface area contributed by atoms with Gasteiger partial charge >= 0.3 is 10.4 Å². The quantitative estimate of drug-likeness (QED) is 0.0155. The van der Waals surface area contributed by atoms with Gasteiger partial charge in [0.25, 0.3) is 0 Å². The third kappa shape index (κ3) is 17.3. The summed E-state index contributed by atoms with van der Waals surface area (Å²) in [7, 11) is -5.46. The van der Waals surface area contributed by atoms with E-state index in [2.05, 4.69) is 17.6 Å². The van der Waals surface area contributed by atoms with Crippen molar-refractivity contribution in [1.29, 1.82) is 0 Å². The molecule has 3 saturated heterocycles. The van der Waals surface area contributed by atoms with Gasteiger partial charge in [-0.25, -0.2) is 4.18 Å². The molecule has 3 aliphatic heterocycles. The van der Waals surface area contributed by atoms with Gasteiger partial charge in [0.05, 0.1) is 38.6 Å². The Morgan fingerprint density at radius 1 is 0.698 bits per heavy atom. The molecule has 3 fully saturated rings. The molecule has 0 radical (unpaired) electrons. The number of ether oxygens (including phenoxy) is 6. The van der Waals surface area contributed by atoms with Crippen LogP contribution in [-0.4, -0.2) is 202 Å². The highest BCUT2D eigenvalue weighted by atomic mass is 32.3. The van der Waals surface area contributed by atoms with E-state index < -0.39 is 147 Å². The van der Waals surface area contributed by atoms with E-state index in [1.807, 2.05) is 0 Å².